The fourth-order valence-electron chi connectivity index (χ4n) is 2.30. The summed E-state index contributed by atoms with van der Waals surface area (Å²) < 4.78 is 11.6. The predicted molar refractivity (Wildman–Crippen MR) is 106 cm³/mol. The van der Waals surface area contributed by atoms with E-state index >= 15 is 0 Å². The fourth-order valence-corrected chi connectivity index (χ4v) is 2.93. The van der Waals surface area contributed by atoms with E-state index < -0.39 is 0 Å². The molecule has 0 aliphatic rings. The number of aryl methyl sites for hydroxylation is 1. The van der Waals surface area contributed by atoms with E-state index in [9.17, 15) is 0 Å². The average molecular weight is 367 g/mol. The van der Waals surface area contributed by atoms with E-state index in [0.29, 0.717) is 19.0 Å². The third-order valence-electron chi connectivity index (χ3n) is 3.50. The molecule has 0 saturated heterocycles. The van der Waals surface area contributed by atoms with Crippen LogP contribution in [0.4, 0.5) is 5.13 Å². The maximum atomic E-state index is 5.91. The van der Waals surface area contributed by atoms with E-state index in [4.69, 9.17) is 9.47 Å². The minimum Gasteiger partial charge on any atom is -0.490 e. The van der Waals surface area contributed by atoms with E-state index in [0.717, 1.165) is 27.7 Å². The Morgan fingerprint density at radius 3 is 2.69 bits per heavy atom. The number of hydrazone groups is 1. The third-order valence-corrected chi connectivity index (χ3v) is 4.36. The molecular weight excluding hydrogens is 346 g/mol. The van der Waals surface area contributed by atoms with Crippen molar-refractivity contribution in [2.75, 3.05) is 12.0 Å². The lowest BCUT2D eigenvalue weighted by atomic mass is 10.2. The number of rotatable bonds is 8. The number of aromatic nitrogens is 1. The summed E-state index contributed by atoms with van der Waals surface area (Å²) in [6, 6.07) is 15.8. The number of nitrogens with one attached hydrogen (secondary N) is 1. The zero-order valence-electron chi connectivity index (χ0n) is 14.8. The lowest BCUT2D eigenvalue weighted by molar-refractivity contribution is 0.269. The van der Waals surface area contributed by atoms with Crippen LogP contribution in [-0.4, -0.2) is 17.8 Å². The first kappa shape index (κ1) is 17.9. The maximum Gasteiger partial charge on any atom is 0.203 e. The maximum absolute atomic E-state index is 5.91. The zero-order chi connectivity index (χ0) is 18.2. The summed E-state index contributed by atoms with van der Waals surface area (Å²) in [7, 11) is 0. The van der Waals surface area contributed by atoms with Crippen LogP contribution in [0.2, 0.25) is 0 Å². The van der Waals surface area contributed by atoms with Crippen molar-refractivity contribution in [2.45, 2.75) is 20.5 Å². The van der Waals surface area contributed by atoms with Crippen LogP contribution < -0.4 is 14.9 Å². The van der Waals surface area contributed by atoms with Crippen molar-refractivity contribution in [2.24, 2.45) is 5.10 Å². The summed E-state index contributed by atoms with van der Waals surface area (Å²) in [4.78, 5) is 4.31. The molecule has 134 valence electrons. The van der Waals surface area contributed by atoms with Gasteiger partial charge in [-0.05, 0) is 43.2 Å². The van der Waals surface area contributed by atoms with Crippen molar-refractivity contribution in [1.82, 2.24) is 4.98 Å². The predicted octanol–water partition coefficient (Wildman–Crippen LogP) is 4.88. The lowest BCUT2D eigenvalue weighted by Gasteiger charge is -2.12. The summed E-state index contributed by atoms with van der Waals surface area (Å²) in [5.74, 6) is 1.42. The quantitative estimate of drug-likeness (QED) is 0.456. The highest BCUT2D eigenvalue weighted by Gasteiger charge is 2.06. The van der Waals surface area contributed by atoms with Crippen molar-refractivity contribution in [3.63, 3.8) is 0 Å². The molecule has 0 spiro atoms. The second kappa shape index (κ2) is 9.01. The molecule has 26 heavy (non-hydrogen) atoms. The van der Waals surface area contributed by atoms with Crippen LogP contribution in [0.3, 0.4) is 0 Å². The molecule has 1 N–H and O–H groups in total. The van der Waals surface area contributed by atoms with Gasteiger partial charge in [0.05, 0.1) is 18.5 Å². The summed E-state index contributed by atoms with van der Waals surface area (Å²) in [6.45, 7) is 4.97. The highest BCUT2D eigenvalue weighted by Crippen LogP contribution is 2.29. The molecule has 0 saturated carbocycles. The Labute approximate surface area is 157 Å². The summed E-state index contributed by atoms with van der Waals surface area (Å²) in [6.07, 6.45) is 1.74. The Bertz CT molecular complexity index is 863. The topological polar surface area (TPSA) is 55.7 Å². The molecule has 3 rings (SSSR count). The summed E-state index contributed by atoms with van der Waals surface area (Å²) in [5.41, 5.74) is 5.94. The van der Waals surface area contributed by atoms with Crippen LogP contribution in [0.1, 0.15) is 23.7 Å². The van der Waals surface area contributed by atoms with Gasteiger partial charge in [0, 0.05) is 5.38 Å². The number of nitrogens with zero attached hydrogens (tertiary/aromatic N) is 2. The van der Waals surface area contributed by atoms with E-state index in [2.05, 4.69) is 15.5 Å². The molecule has 2 aromatic carbocycles. The molecule has 0 aliphatic heterocycles. The Hall–Kier alpha value is -2.86. The molecule has 1 heterocycles. The van der Waals surface area contributed by atoms with Crippen molar-refractivity contribution in [3.8, 4) is 11.5 Å². The minimum absolute atomic E-state index is 0.499. The van der Waals surface area contributed by atoms with Gasteiger partial charge in [0.1, 0.15) is 6.61 Å². The van der Waals surface area contributed by atoms with Crippen LogP contribution in [0.15, 0.2) is 59.0 Å². The van der Waals surface area contributed by atoms with Crippen LogP contribution in [-0.2, 0) is 6.61 Å². The second-order valence-electron chi connectivity index (χ2n) is 5.58. The van der Waals surface area contributed by atoms with Gasteiger partial charge in [-0.2, -0.15) is 5.10 Å². The van der Waals surface area contributed by atoms with Gasteiger partial charge in [0.25, 0.3) is 0 Å². The van der Waals surface area contributed by atoms with Crippen LogP contribution >= 0.6 is 11.3 Å². The van der Waals surface area contributed by atoms with Gasteiger partial charge in [0.15, 0.2) is 11.5 Å². The van der Waals surface area contributed by atoms with Gasteiger partial charge >= 0.3 is 0 Å². The van der Waals surface area contributed by atoms with Gasteiger partial charge in [-0.3, -0.25) is 5.43 Å². The molecule has 0 amide bonds. The van der Waals surface area contributed by atoms with E-state index in [-0.39, 0.29) is 0 Å². The standard InChI is InChI=1S/C20H21N3O2S/c1-3-24-19-11-17(12-21-23-20-22-15(2)14-26-20)9-10-18(19)25-13-16-7-5-4-6-8-16/h4-12,14H,3,13H2,1-2H3,(H,22,23). The smallest absolute Gasteiger partial charge is 0.203 e. The summed E-state index contributed by atoms with van der Waals surface area (Å²) >= 11 is 1.52. The Balaban J connectivity index is 1.67. The normalized spacial score (nSPS) is 10.8. The first-order chi connectivity index (χ1) is 12.7. The molecule has 0 aliphatic carbocycles. The van der Waals surface area contributed by atoms with Gasteiger partial charge in [-0.1, -0.05) is 30.3 Å². The van der Waals surface area contributed by atoms with Gasteiger partial charge < -0.3 is 9.47 Å². The van der Waals surface area contributed by atoms with Gasteiger partial charge in [-0.15, -0.1) is 11.3 Å². The zero-order valence-corrected chi connectivity index (χ0v) is 15.6. The Morgan fingerprint density at radius 2 is 1.96 bits per heavy atom. The second-order valence-corrected chi connectivity index (χ2v) is 6.44. The largest absolute Gasteiger partial charge is 0.490 e. The first-order valence-corrected chi connectivity index (χ1v) is 9.27. The molecule has 0 unspecified atom stereocenters. The fraction of sp³-hybridized carbons (Fsp3) is 0.200. The number of hydrogen-bond acceptors (Lipinski definition) is 6. The van der Waals surface area contributed by atoms with E-state index in [1.807, 2.05) is 67.8 Å². The Morgan fingerprint density at radius 1 is 1.12 bits per heavy atom. The van der Waals surface area contributed by atoms with Crippen molar-refractivity contribution < 1.29 is 9.47 Å². The van der Waals surface area contributed by atoms with Crippen molar-refractivity contribution in [3.05, 3.63) is 70.7 Å². The first-order valence-electron chi connectivity index (χ1n) is 8.39. The third kappa shape index (κ3) is 5.07. The lowest BCUT2D eigenvalue weighted by Crippen LogP contribution is -2.00. The highest BCUT2D eigenvalue weighted by molar-refractivity contribution is 7.13. The summed E-state index contributed by atoms with van der Waals surface area (Å²) in [5, 5.41) is 6.97. The molecule has 0 fully saturated rings. The van der Waals surface area contributed by atoms with Gasteiger partial charge in [0.2, 0.25) is 5.13 Å². The van der Waals surface area contributed by atoms with Crippen molar-refractivity contribution in [1.29, 1.82) is 0 Å². The van der Waals surface area contributed by atoms with Gasteiger partial charge in [-0.25, -0.2) is 4.98 Å². The molecular formula is C20H21N3O2S. The van der Waals surface area contributed by atoms with Crippen LogP contribution in [0.5, 0.6) is 11.5 Å². The molecule has 3 aromatic rings. The molecule has 1 aromatic heterocycles. The average Bonchev–Trinajstić information content (AvgIpc) is 3.07. The molecule has 6 heteroatoms. The molecule has 5 nitrogen and oxygen atoms in total. The highest BCUT2D eigenvalue weighted by atomic mass is 32.1. The number of benzene rings is 2. The monoisotopic (exact) mass is 367 g/mol. The minimum atomic E-state index is 0.499. The van der Waals surface area contributed by atoms with Crippen molar-refractivity contribution >= 4 is 22.7 Å². The van der Waals surface area contributed by atoms with E-state index in [1.165, 1.54) is 11.3 Å². The number of hydrogen-bond donors (Lipinski definition) is 1. The Kier molecular flexibility index (Phi) is 6.22. The number of ether oxygens (including phenoxy) is 2. The van der Waals surface area contributed by atoms with Crippen LogP contribution in [0.25, 0.3) is 0 Å². The number of thiazole rings is 1. The molecule has 0 bridgehead atoms. The molecule has 0 atom stereocenters. The SMILES string of the molecule is CCOc1cc(C=NNc2nc(C)cs2)ccc1OCc1ccccc1. The molecule has 0 radical (unpaired) electrons. The van der Waals surface area contributed by atoms with Crippen LogP contribution in [0, 0.1) is 6.92 Å². The van der Waals surface area contributed by atoms with E-state index in [1.54, 1.807) is 6.21 Å². The number of anilines is 1.